The van der Waals surface area contributed by atoms with Crippen molar-refractivity contribution >= 4 is 11.8 Å². The van der Waals surface area contributed by atoms with Crippen molar-refractivity contribution in [1.29, 1.82) is 0 Å². The minimum atomic E-state index is 0.544. The Balaban J connectivity index is 2.20. The van der Waals surface area contributed by atoms with E-state index in [9.17, 15) is 0 Å². The second kappa shape index (κ2) is 8.85. The molecule has 1 nitrogen and oxygen atoms in total. The average molecular weight is 306 g/mol. The lowest BCUT2D eigenvalue weighted by Gasteiger charge is -2.36. The van der Waals surface area contributed by atoms with E-state index in [0.29, 0.717) is 6.04 Å². The van der Waals surface area contributed by atoms with Crippen LogP contribution < -0.4 is 5.32 Å². The maximum Gasteiger partial charge on any atom is 0.0359 e. The van der Waals surface area contributed by atoms with Crippen LogP contribution in [0.15, 0.2) is 29.2 Å². The van der Waals surface area contributed by atoms with E-state index >= 15 is 0 Å². The molecule has 1 N–H and O–H groups in total. The van der Waals surface area contributed by atoms with Gasteiger partial charge in [-0.05, 0) is 55.5 Å². The highest BCUT2D eigenvalue weighted by atomic mass is 32.2. The zero-order valence-corrected chi connectivity index (χ0v) is 14.7. The van der Waals surface area contributed by atoms with Gasteiger partial charge in [0.2, 0.25) is 0 Å². The summed E-state index contributed by atoms with van der Waals surface area (Å²) in [5, 5.41) is 3.86. The fourth-order valence-corrected chi connectivity index (χ4v) is 4.41. The molecule has 0 aromatic heterocycles. The van der Waals surface area contributed by atoms with Gasteiger partial charge < -0.3 is 5.32 Å². The van der Waals surface area contributed by atoms with Gasteiger partial charge in [-0.2, -0.15) is 0 Å². The molecule has 1 aromatic carbocycles. The van der Waals surface area contributed by atoms with Crippen molar-refractivity contribution in [3.63, 3.8) is 0 Å². The zero-order chi connectivity index (χ0) is 15.1. The molecule has 0 saturated heterocycles. The first kappa shape index (κ1) is 16.9. The van der Waals surface area contributed by atoms with E-state index < -0.39 is 0 Å². The summed E-state index contributed by atoms with van der Waals surface area (Å²) in [5.74, 6) is 1.75. The molecular formula is C19H31NS. The fourth-order valence-electron chi connectivity index (χ4n) is 3.76. The highest BCUT2D eigenvalue weighted by molar-refractivity contribution is 7.98. The number of nitrogens with one attached hydrogen (secondary N) is 1. The van der Waals surface area contributed by atoms with E-state index in [2.05, 4.69) is 49.7 Å². The minimum Gasteiger partial charge on any atom is -0.310 e. The lowest BCUT2D eigenvalue weighted by molar-refractivity contribution is 0.208. The third kappa shape index (κ3) is 4.50. The molecule has 0 radical (unpaired) electrons. The van der Waals surface area contributed by atoms with Crippen molar-refractivity contribution in [1.82, 2.24) is 5.32 Å². The van der Waals surface area contributed by atoms with E-state index in [-0.39, 0.29) is 0 Å². The van der Waals surface area contributed by atoms with Gasteiger partial charge in [-0.3, -0.25) is 0 Å². The largest absolute Gasteiger partial charge is 0.310 e. The number of hydrogen-bond donors (Lipinski definition) is 1. The van der Waals surface area contributed by atoms with Gasteiger partial charge in [-0.1, -0.05) is 51.3 Å². The molecular weight excluding hydrogens is 274 g/mol. The van der Waals surface area contributed by atoms with Gasteiger partial charge in [0, 0.05) is 10.9 Å². The number of benzene rings is 1. The first-order chi connectivity index (χ1) is 10.3. The standard InChI is InChI=1S/C19H31NS/c1-4-13-20-19(16-10-8-9-15(5-2)14-16)17-11-6-7-12-18(17)21-3/h6-7,11-12,15-16,19-20H,4-5,8-10,13-14H2,1-3H3. The van der Waals surface area contributed by atoms with Crippen LogP contribution >= 0.6 is 11.8 Å². The van der Waals surface area contributed by atoms with Gasteiger partial charge in [0.25, 0.3) is 0 Å². The Labute approximate surface area is 135 Å². The van der Waals surface area contributed by atoms with Crippen molar-refractivity contribution in [3.8, 4) is 0 Å². The lowest BCUT2D eigenvalue weighted by Crippen LogP contribution is -2.32. The van der Waals surface area contributed by atoms with Crippen LogP contribution in [0.5, 0.6) is 0 Å². The quantitative estimate of drug-likeness (QED) is 0.652. The Morgan fingerprint density at radius 1 is 1.24 bits per heavy atom. The second-order valence-corrected chi connectivity index (χ2v) is 7.22. The van der Waals surface area contributed by atoms with Crippen molar-refractivity contribution < 1.29 is 0 Å². The number of rotatable bonds is 7. The highest BCUT2D eigenvalue weighted by Crippen LogP contribution is 2.40. The summed E-state index contributed by atoms with van der Waals surface area (Å²) in [5.41, 5.74) is 1.53. The van der Waals surface area contributed by atoms with Gasteiger partial charge in [-0.25, -0.2) is 0 Å². The summed E-state index contributed by atoms with van der Waals surface area (Å²) >= 11 is 1.89. The Bertz CT molecular complexity index is 418. The monoisotopic (exact) mass is 305 g/mol. The van der Waals surface area contributed by atoms with E-state index in [4.69, 9.17) is 0 Å². The Morgan fingerprint density at radius 3 is 2.76 bits per heavy atom. The summed E-state index contributed by atoms with van der Waals surface area (Å²) in [6, 6.07) is 9.54. The summed E-state index contributed by atoms with van der Waals surface area (Å²) < 4.78 is 0. The summed E-state index contributed by atoms with van der Waals surface area (Å²) in [6.45, 7) is 5.75. The summed E-state index contributed by atoms with van der Waals surface area (Å²) in [7, 11) is 0. The predicted octanol–water partition coefficient (Wildman–Crippen LogP) is 5.67. The topological polar surface area (TPSA) is 12.0 Å². The van der Waals surface area contributed by atoms with Gasteiger partial charge in [0.1, 0.15) is 0 Å². The Kier molecular flexibility index (Phi) is 7.12. The minimum absolute atomic E-state index is 0.544. The van der Waals surface area contributed by atoms with Gasteiger partial charge in [-0.15, -0.1) is 11.8 Å². The molecule has 21 heavy (non-hydrogen) atoms. The molecule has 0 aliphatic heterocycles. The molecule has 0 heterocycles. The normalized spacial score (nSPS) is 24.0. The van der Waals surface area contributed by atoms with Gasteiger partial charge in [0.05, 0.1) is 0 Å². The molecule has 3 atom stereocenters. The van der Waals surface area contributed by atoms with Crippen molar-refractivity contribution in [2.75, 3.05) is 12.8 Å². The Hall–Kier alpha value is -0.470. The third-order valence-corrected chi connectivity index (χ3v) is 5.77. The first-order valence-electron chi connectivity index (χ1n) is 8.66. The molecule has 118 valence electrons. The molecule has 1 aliphatic carbocycles. The molecule has 0 spiro atoms. The van der Waals surface area contributed by atoms with E-state index in [1.807, 2.05) is 11.8 Å². The van der Waals surface area contributed by atoms with Crippen LogP contribution in [0.2, 0.25) is 0 Å². The molecule has 0 bridgehead atoms. The van der Waals surface area contributed by atoms with Gasteiger partial charge in [0.15, 0.2) is 0 Å². The summed E-state index contributed by atoms with van der Waals surface area (Å²) in [4.78, 5) is 1.45. The maximum atomic E-state index is 3.86. The smallest absolute Gasteiger partial charge is 0.0359 e. The Morgan fingerprint density at radius 2 is 2.05 bits per heavy atom. The highest BCUT2D eigenvalue weighted by Gasteiger charge is 2.29. The lowest BCUT2D eigenvalue weighted by atomic mass is 9.75. The summed E-state index contributed by atoms with van der Waals surface area (Å²) in [6.07, 6.45) is 10.4. The number of hydrogen-bond acceptors (Lipinski definition) is 2. The predicted molar refractivity (Wildman–Crippen MR) is 95.0 cm³/mol. The van der Waals surface area contributed by atoms with Crippen LogP contribution in [-0.2, 0) is 0 Å². The van der Waals surface area contributed by atoms with Crippen LogP contribution in [0.4, 0.5) is 0 Å². The molecule has 0 amide bonds. The molecule has 1 saturated carbocycles. The van der Waals surface area contributed by atoms with E-state index in [1.165, 1.54) is 49.0 Å². The molecule has 3 unspecified atom stereocenters. The molecule has 1 aromatic rings. The van der Waals surface area contributed by atoms with Crippen molar-refractivity contribution in [3.05, 3.63) is 29.8 Å². The van der Waals surface area contributed by atoms with Crippen LogP contribution in [0.3, 0.4) is 0 Å². The van der Waals surface area contributed by atoms with Crippen LogP contribution in [0.1, 0.15) is 64.0 Å². The van der Waals surface area contributed by atoms with Gasteiger partial charge >= 0.3 is 0 Å². The molecule has 2 heteroatoms. The zero-order valence-electron chi connectivity index (χ0n) is 13.9. The van der Waals surface area contributed by atoms with Crippen LogP contribution in [0.25, 0.3) is 0 Å². The van der Waals surface area contributed by atoms with E-state index in [0.717, 1.165) is 18.4 Å². The fraction of sp³-hybridized carbons (Fsp3) is 0.684. The first-order valence-corrected chi connectivity index (χ1v) is 9.88. The maximum absolute atomic E-state index is 3.86. The molecule has 1 aliphatic rings. The molecule has 2 rings (SSSR count). The van der Waals surface area contributed by atoms with E-state index in [1.54, 1.807) is 0 Å². The van der Waals surface area contributed by atoms with Crippen LogP contribution in [-0.4, -0.2) is 12.8 Å². The average Bonchev–Trinajstić information content (AvgIpc) is 2.56. The van der Waals surface area contributed by atoms with Crippen molar-refractivity contribution in [2.45, 2.75) is 63.3 Å². The second-order valence-electron chi connectivity index (χ2n) is 6.37. The van der Waals surface area contributed by atoms with Crippen LogP contribution in [0, 0.1) is 11.8 Å². The van der Waals surface area contributed by atoms with Crippen molar-refractivity contribution in [2.24, 2.45) is 11.8 Å². The number of thioether (sulfide) groups is 1. The molecule has 1 fully saturated rings. The SMILES string of the molecule is CCCNC(c1ccccc1SC)C1CCCC(CC)C1. The third-order valence-electron chi connectivity index (χ3n) is 4.96.